The second kappa shape index (κ2) is 10.5. The van der Waals surface area contributed by atoms with E-state index in [4.69, 9.17) is 15.2 Å². The van der Waals surface area contributed by atoms with Crippen LogP contribution in [-0.4, -0.2) is 62.0 Å². The molecule has 0 unspecified atom stereocenters. The molecule has 35 heavy (non-hydrogen) atoms. The van der Waals surface area contributed by atoms with Crippen LogP contribution < -0.4 is 15.8 Å². The van der Waals surface area contributed by atoms with E-state index in [1.54, 1.807) is 36.4 Å². The number of aromatic nitrogens is 5. The maximum absolute atomic E-state index is 13.0. The normalized spacial score (nSPS) is 11.4. The Hall–Kier alpha value is -4.03. The highest BCUT2D eigenvalue weighted by atomic mass is 19.3. The number of anilines is 3. The number of hydrogen-bond donors (Lipinski definition) is 2. The summed E-state index contributed by atoms with van der Waals surface area (Å²) >= 11 is 0. The fourth-order valence-electron chi connectivity index (χ4n) is 2.98. The van der Waals surface area contributed by atoms with E-state index in [9.17, 15) is 13.6 Å². The molecule has 0 bridgehead atoms. The van der Waals surface area contributed by atoms with E-state index < -0.39 is 23.9 Å². The molecule has 3 aromatic rings. The van der Waals surface area contributed by atoms with E-state index in [0.29, 0.717) is 30.2 Å². The number of rotatable bonds is 8. The fourth-order valence-corrected chi connectivity index (χ4v) is 2.98. The number of nitrogen functional groups attached to an aromatic ring is 1. The third kappa shape index (κ3) is 6.98. The number of likely N-dealkylation sites (N-methyl/N-ethyl adjacent to an activating group) is 1. The van der Waals surface area contributed by atoms with Gasteiger partial charge in [-0.25, -0.2) is 28.5 Å². The van der Waals surface area contributed by atoms with Crippen molar-refractivity contribution in [3.63, 3.8) is 0 Å². The first-order valence-electron chi connectivity index (χ1n) is 10.7. The van der Waals surface area contributed by atoms with Gasteiger partial charge in [0.2, 0.25) is 0 Å². The molecule has 13 heteroatoms. The lowest BCUT2D eigenvalue weighted by molar-refractivity contribution is 0.0292. The minimum absolute atomic E-state index is 0.0806. The molecular weight excluding hydrogens is 462 g/mol. The number of pyridine rings is 1. The first-order chi connectivity index (χ1) is 16.4. The monoisotopic (exact) mass is 490 g/mol. The minimum atomic E-state index is -2.86. The molecule has 188 valence electrons. The van der Waals surface area contributed by atoms with Crippen molar-refractivity contribution in [2.24, 2.45) is 0 Å². The number of alkyl halides is 2. The zero-order chi connectivity index (χ0) is 25.8. The fraction of sp³-hybridized carbons (Fsp3) is 0.409. The Morgan fingerprint density at radius 3 is 2.63 bits per heavy atom. The smallest absolute Gasteiger partial charge is 0.410 e. The summed E-state index contributed by atoms with van der Waals surface area (Å²) in [6.45, 7) is 6.28. The van der Waals surface area contributed by atoms with Crippen molar-refractivity contribution in [3.05, 3.63) is 36.5 Å². The van der Waals surface area contributed by atoms with Gasteiger partial charge in [-0.3, -0.25) is 4.68 Å². The molecule has 0 saturated heterocycles. The predicted octanol–water partition coefficient (Wildman–Crippen LogP) is 3.87. The lowest BCUT2D eigenvalue weighted by atomic mass is 10.1. The first-order valence-corrected chi connectivity index (χ1v) is 10.7. The first kappa shape index (κ1) is 25.6. The van der Waals surface area contributed by atoms with E-state index in [0.717, 1.165) is 5.56 Å². The van der Waals surface area contributed by atoms with Gasteiger partial charge in [0, 0.05) is 49.2 Å². The summed E-state index contributed by atoms with van der Waals surface area (Å²) in [6, 6.07) is 2.93. The van der Waals surface area contributed by atoms with Crippen LogP contribution in [0, 0.1) is 0 Å². The molecule has 3 N–H and O–H groups in total. The van der Waals surface area contributed by atoms with Crippen molar-refractivity contribution >= 4 is 23.5 Å². The third-order valence-electron chi connectivity index (χ3n) is 4.61. The highest BCUT2D eigenvalue weighted by molar-refractivity contribution is 5.71. The Labute approximate surface area is 201 Å². The number of halogens is 2. The van der Waals surface area contributed by atoms with E-state index in [1.165, 1.54) is 18.1 Å². The summed E-state index contributed by atoms with van der Waals surface area (Å²) in [6.07, 6.45) is 1.75. The van der Waals surface area contributed by atoms with E-state index in [-0.39, 0.29) is 11.6 Å². The van der Waals surface area contributed by atoms with Gasteiger partial charge in [0.15, 0.2) is 5.82 Å². The molecule has 0 atom stereocenters. The molecule has 0 aliphatic heterocycles. The van der Waals surface area contributed by atoms with Crippen molar-refractivity contribution in [3.8, 4) is 16.9 Å². The van der Waals surface area contributed by atoms with Crippen LogP contribution in [0.3, 0.4) is 0 Å². The minimum Gasteiger partial charge on any atom is -0.496 e. The summed E-state index contributed by atoms with van der Waals surface area (Å²) < 4.78 is 38.4. The number of hydrogen-bond acceptors (Lipinski definition) is 9. The summed E-state index contributed by atoms with van der Waals surface area (Å²) in [5.41, 5.74) is 6.43. The Morgan fingerprint density at radius 2 is 1.97 bits per heavy atom. The molecule has 1 amide bonds. The van der Waals surface area contributed by atoms with Gasteiger partial charge in [-0.1, -0.05) is 0 Å². The van der Waals surface area contributed by atoms with E-state index in [2.05, 4.69) is 25.4 Å². The van der Waals surface area contributed by atoms with Crippen molar-refractivity contribution < 1.29 is 23.0 Å². The van der Waals surface area contributed by atoms with Gasteiger partial charge in [0.25, 0.3) is 6.43 Å². The van der Waals surface area contributed by atoms with Crippen LogP contribution in [0.1, 0.15) is 33.0 Å². The van der Waals surface area contributed by atoms with Crippen LogP contribution in [0.4, 0.5) is 31.0 Å². The number of carbonyl (C=O) groups is 1. The number of nitrogens with zero attached hydrogens (tertiary/aromatic N) is 6. The molecule has 0 spiro atoms. The number of ether oxygens (including phenoxy) is 2. The number of methoxy groups -OCH3 is 1. The summed E-state index contributed by atoms with van der Waals surface area (Å²) in [7, 11) is 3.16. The second-order valence-corrected chi connectivity index (χ2v) is 8.63. The molecule has 3 heterocycles. The third-order valence-corrected chi connectivity index (χ3v) is 4.61. The van der Waals surface area contributed by atoms with Gasteiger partial charge in [0.05, 0.1) is 19.9 Å². The number of carbonyl (C=O) groups excluding carboxylic acids is 1. The molecule has 3 aromatic heterocycles. The van der Waals surface area contributed by atoms with Crippen LogP contribution in [0.25, 0.3) is 11.1 Å². The maximum Gasteiger partial charge on any atom is 0.410 e. The molecular formula is C22H28F2N8O3. The van der Waals surface area contributed by atoms with Crippen LogP contribution in [0.2, 0.25) is 0 Å². The second-order valence-electron chi connectivity index (χ2n) is 8.63. The van der Waals surface area contributed by atoms with Gasteiger partial charge in [-0.2, -0.15) is 5.10 Å². The van der Waals surface area contributed by atoms with Crippen molar-refractivity contribution in [2.75, 3.05) is 31.8 Å². The Bertz CT molecular complexity index is 1180. The maximum atomic E-state index is 13.0. The van der Waals surface area contributed by atoms with E-state index >= 15 is 0 Å². The highest BCUT2D eigenvalue weighted by Crippen LogP contribution is 2.31. The van der Waals surface area contributed by atoms with Crippen molar-refractivity contribution in [1.29, 1.82) is 0 Å². The highest BCUT2D eigenvalue weighted by Gasteiger charge is 2.20. The molecule has 0 aliphatic rings. The molecule has 0 aliphatic carbocycles. The molecule has 0 radical (unpaired) electrons. The lowest BCUT2D eigenvalue weighted by Gasteiger charge is -2.24. The molecule has 0 fully saturated rings. The Balaban J connectivity index is 1.71. The van der Waals surface area contributed by atoms with Gasteiger partial charge in [0.1, 0.15) is 28.8 Å². The standard InChI is InChI=1S/C22H28F2N8O3/c1-22(2,3)35-21(33)31(4)6-7-32-12-13(10-27-32)14-11-26-17(8-15(14)34-5)29-18-9-16(25)28-20(30-18)19(23)24/h8-12,19H,6-7H2,1-5H3,(H3,25,26,28,29,30). The lowest BCUT2D eigenvalue weighted by Crippen LogP contribution is -2.36. The zero-order valence-electron chi connectivity index (χ0n) is 20.1. The average molecular weight is 491 g/mol. The molecule has 11 nitrogen and oxygen atoms in total. The van der Waals surface area contributed by atoms with Crippen LogP contribution >= 0.6 is 0 Å². The van der Waals surface area contributed by atoms with Crippen LogP contribution in [0.15, 0.2) is 30.7 Å². The van der Waals surface area contributed by atoms with Gasteiger partial charge in [-0.05, 0) is 20.8 Å². The summed E-state index contributed by atoms with van der Waals surface area (Å²) in [5, 5.41) is 7.17. The van der Waals surface area contributed by atoms with Crippen LogP contribution in [-0.2, 0) is 11.3 Å². The zero-order valence-corrected chi connectivity index (χ0v) is 20.1. The van der Waals surface area contributed by atoms with Crippen molar-refractivity contribution in [1.82, 2.24) is 29.6 Å². The van der Waals surface area contributed by atoms with Crippen molar-refractivity contribution in [2.45, 2.75) is 39.3 Å². The summed E-state index contributed by atoms with van der Waals surface area (Å²) in [4.78, 5) is 25.2. The quantitative estimate of drug-likeness (QED) is 0.482. The van der Waals surface area contributed by atoms with Gasteiger partial charge in [-0.15, -0.1) is 0 Å². The van der Waals surface area contributed by atoms with Crippen LogP contribution in [0.5, 0.6) is 5.75 Å². The summed E-state index contributed by atoms with van der Waals surface area (Å²) in [5.74, 6) is 0.100. The van der Waals surface area contributed by atoms with Gasteiger partial charge < -0.3 is 25.4 Å². The number of nitrogens with two attached hydrogens (primary N) is 1. The molecule has 0 aromatic carbocycles. The number of amides is 1. The topological polar surface area (TPSA) is 133 Å². The largest absolute Gasteiger partial charge is 0.496 e. The van der Waals surface area contributed by atoms with E-state index in [1.807, 2.05) is 20.8 Å². The number of nitrogens with one attached hydrogen (secondary N) is 1. The Morgan fingerprint density at radius 1 is 1.23 bits per heavy atom. The molecule has 3 rings (SSSR count). The average Bonchev–Trinajstić information content (AvgIpc) is 3.24. The Kier molecular flexibility index (Phi) is 7.67. The SMILES string of the molecule is COc1cc(Nc2cc(N)nc(C(F)F)n2)ncc1-c1cnn(CCN(C)C(=O)OC(C)(C)C)c1. The van der Waals surface area contributed by atoms with Gasteiger partial charge >= 0.3 is 6.09 Å². The molecule has 0 saturated carbocycles. The predicted molar refractivity (Wildman–Crippen MR) is 126 cm³/mol.